The van der Waals surface area contributed by atoms with E-state index >= 15 is 0 Å². The molecular weight excluding hydrogens is 238 g/mol. The molecule has 2 rings (SSSR count). The zero-order chi connectivity index (χ0) is 13.9. The van der Waals surface area contributed by atoms with E-state index in [0.29, 0.717) is 5.56 Å². The third-order valence-corrected chi connectivity index (χ3v) is 3.67. The van der Waals surface area contributed by atoms with Crippen molar-refractivity contribution in [1.82, 2.24) is 0 Å². The molecule has 0 atom stereocenters. The molecule has 19 heavy (non-hydrogen) atoms. The lowest BCUT2D eigenvalue weighted by atomic mass is 9.77. The standard InChI is InChI=1S/C16H23NO2/c1-12(2)19-14-8-6-7-13(11-14)15(18)16(17)9-4-3-5-10-16/h6-8,11-12H,3-5,9-10,17H2,1-2H3. The van der Waals surface area contributed by atoms with Gasteiger partial charge in [0.15, 0.2) is 5.78 Å². The summed E-state index contributed by atoms with van der Waals surface area (Å²) in [5, 5.41) is 0. The van der Waals surface area contributed by atoms with Crippen molar-refractivity contribution >= 4 is 5.78 Å². The minimum atomic E-state index is -0.672. The molecule has 0 spiro atoms. The lowest BCUT2D eigenvalue weighted by molar-refractivity contribution is 0.0847. The van der Waals surface area contributed by atoms with Gasteiger partial charge in [0.25, 0.3) is 0 Å². The average molecular weight is 261 g/mol. The van der Waals surface area contributed by atoms with Gasteiger partial charge in [-0.1, -0.05) is 31.4 Å². The monoisotopic (exact) mass is 261 g/mol. The largest absolute Gasteiger partial charge is 0.491 e. The van der Waals surface area contributed by atoms with Gasteiger partial charge < -0.3 is 10.5 Å². The highest BCUT2D eigenvalue weighted by molar-refractivity contribution is 6.03. The van der Waals surface area contributed by atoms with Gasteiger partial charge in [0, 0.05) is 5.56 Å². The van der Waals surface area contributed by atoms with Crippen molar-refractivity contribution in [3.63, 3.8) is 0 Å². The van der Waals surface area contributed by atoms with Crippen LogP contribution in [0.15, 0.2) is 24.3 Å². The van der Waals surface area contributed by atoms with Gasteiger partial charge in [0.2, 0.25) is 0 Å². The summed E-state index contributed by atoms with van der Waals surface area (Å²) >= 11 is 0. The molecule has 1 aromatic rings. The molecule has 0 saturated heterocycles. The van der Waals surface area contributed by atoms with E-state index in [2.05, 4.69) is 0 Å². The van der Waals surface area contributed by atoms with Crippen LogP contribution in [0.5, 0.6) is 5.75 Å². The quantitative estimate of drug-likeness (QED) is 0.846. The van der Waals surface area contributed by atoms with Crippen molar-refractivity contribution in [2.24, 2.45) is 5.73 Å². The molecular formula is C16H23NO2. The SMILES string of the molecule is CC(C)Oc1cccc(C(=O)C2(N)CCCCC2)c1. The molecule has 0 heterocycles. The molecule has 1 aliphatic carbocycles. The van der Waals surface area contributed by atoms with Crippen LogP contribution in [0.4, 0.5) is 0 Å². The van der Waals surface area contributed by atoms with Crippen LogP contribution in [0.3, 0.4) is 0 Å². The van der Waals surface area contributed by atoms with Crippen molar-refractivity contribution in [2.45, 2.75) is 57.6 Å². The highest BCUT2D eigenvalue weighted by Crippen LogP contribution is 2.30. The van der Waals surface area contributed by atoms with E-state index in [1.165, 1.54) is 6.42 Å². The van der Waals surface area contributed by atoms with Crippen LogP contribution in [0.2, 0.25) is 0 Å². The van der Waals surface area contributed by atoms with Gasteiger partial charge in [-0.15, -0.1) is 0 Å². The maximum Gasteiger partial charge on any atom is 0.182 e. The number of ketones is 1. The summed E-state index contributed by atoms with van der Waals surface area (Å²) in [6.45, 7) is 3.94. The Morgan fingerprint density at radius 1 is 1.26 bits per heavy atom. The fraction of sp³-hybridized carbons (Fsp3) is 0.562. The van der Waals surface area contributed by atoms with Crippen LogP contribution in [-0.4, -0.2) is 17.4 Å². The van der Waals surface area contributed by atoms with E-state index in [4.69, 9.17) is 10.5 Å². The normalized spacial score (nSPS) is 18.3. The van der Waals surface area contributed by atoms with E-state index in [1.54, 1.807) is 0 Å². The minimum absolute atomic E-state index is 0.0569. The van der Waals surface area contributed by atoms with Gasteiger partial charge in [0.1, 0.15) is 5.75 Å². The van der Waals surface area contributed by atoms with Gasteiger partial charge in [-0.05, 0) is 38.8 Å². The Morgan fingerprint density at radius 3 is 2.58 bits per heavy atom. The zero-order valence-electron chi connectivity index (χ0n) is 11.8. The summed E-state index contributed by atoms with van der Waals surface area (Å²) in [5.41, 5.74) is 6.29. The molecule has 0 amide bonds. The Kier molecular flexibility index (Phi) is 4.25. The molecule has 3 nitrogen and oxygen atoms in total. The van der Waals surface area contributed by atoms with Crippen molar-refractivity contribution in [3.05, 3.63) is 29.8 Å². The Bertz CT molecular complexity index is 448. The first kappa shape index (κ1) is 14.1. The second kappa shape index (κ2) is 5.74. The molecule has 1 saturated carbocycles. The number of benzene rings is 1. The van der Waals surface area contributed by atoms with Gasteiger partial charge in [-0.25, -0.2) is 0 Å². The second-order valence-corrected chi connectivity index (χ2v) is 5.74. The predicted octanol–water partition coefficient (Wildman–Crippen LogP) is 3.32. The summed E-state index contributed by atoms with van der Waals surface area (Å²) in [5.74, 6) is 0.793. The average Bonchev–Trinajstić information content (AvgIpc) is 2.38. The fourth-order valence-corrected chi connectivity index (χ4v) is 2.68. The van der Waals surface area contributed by atoms with Gasteiger partial charge in [-0.2, -0.15) is 0 Å². The summed E-state index contributed by atoms with van der Waals surface area (Å²) in [7, 11) is 0. The first-order valence-corrected chi connectivity index (χ1v) is 7.12. The highest BCUT2D eigenvalue weighted by atomic mass is 16.5. The van der Waals surface area contributed by atoms with E-state index in [0.717, 1.165) is 31.4 Å². The first-order chi connectivity index (χ1) is 9.01. The van der Waals surface area contributed by atoms with E-state index in [9.17, 15) is 4.79 Å². The molecule has 0 radical (unpaired) electrons. The summed E-state index contributed by atoms with van der Waals surface area (Å²) in [6.07, 6.45) is 4.96. The van der Waals surface area contributed by atoms with Crippen LogP contribution < -0.4 is 10.5 Å². The number of hydrogen-bond donors (Lipinski definition) is 1. The number of hydrogen-bond acceptors (Lipinski definition) is 3. The smallest absolute Gasteiger partial charge is 0.182 e. The van der Waals surface area contributed by atoms with E-state index < -0.39 is 5.54 Å². The molecule has 2 N–H and O–H groups in total. The lowest BCUT2D eigenvalue weighted by Crippen LogP contribution is -2.49. The van der Waals surface area contributed by atoms with Crippen LogP contribution in [0, 0.1) is 0 Å². The molecule has 1 aromatic carbocycles. The van der Waals surface area contributed by atoms with Crippen molar-refractivity contribution in [2.75, 3.05) is 0 Å². The number of carbonyl (C=O) groups is 1. The topological polar surface area (TPSA) is 52.3 Å². The Balaban J connectivity index is 2.18. The predicted molar refractivity (Wildman–Crippen MR) is 76.5 cm³/mol. The Labute approximate surface area is 115 Å². The number of ether oxygens (including phenoxy) is 1. The van der Waals surface area contributed by atoms with Crippen molar-refractivity contribution < 1.29 is 9.53 Å². The van der Waals surface area contributed by atoms with Crippen molar-refractivity contribution in [1.29, 1.82) is 0 Å². The molecule has 1 aliphatic rings. The number of Topliss-reactive ketones (excluding diaryl/α,β-unsaturated/α-hetero) is 1. The van der Waals surface area contributed by atoms with Crippen LogP contribution in [0.1, 0.15) is 56.3 Å². The van der Waals surface area contributed by atoms with Crippen LogP contribution in [-0.2, 0) is 0 Å². The lowest BCUT2D eigenvalue weighted by Gasteiger charge is -2.31. The summed E-state index contributed by atoms with van der Waals surface area (Å²) < 4.78 is 5.63. The summed E-state index contributed by atoms with van der Waals surface area (Å²) in [6, 6.07) is 7.38. The van der Waals surface area contributed by atoms with Crippen LogP contribution in [0.25, 0.3) is 0 Å². The molecule has 0 aliphatic heterocycles. The third-order valence-electron chi connectivity index (χ3n) is 3.67. The number of carbonyl (C=O) groups excluding carboxylic acids is 1. The van der Waals surface area contributed by atoms with E-state index in [-0.39, 0.29) is 11.9 Å². The van der Waals surface area contributed by atoms with Crippen LogP contribution >= 0.6 is 0 Å². The molecule has 0 unspecified atom stereocenters. The van der Waals surface area contributed by atoms with Crippen molar-refractivity contribution in [3.8, 4) is 5.75 Å². The summed E-state index contributed by atoms with van der Waals surface area (Å²) in [4.78, 5) is 12.6. The molecule has 104 valence electrons. The first-order valence-electron chi connectivity index (χ1n) is 7.12. The molecule has 0 bridgehead atoms. The number of rotatable bonds is 4. The molecule has 3 heteroatoms. The zero-order valence-corrected chi connectivity index (χ0v) is 11.8. The number of nitrogens with two attached hydrogens (primary N) is 1. The maximum absolute atomic E-state index is 12.6. The fourth-order valence-electron chi connectivity index (χ4n) is 2.68. The van der Waals surface area contributed by atoms with E-state index in [1.807, 2.05) is 38.1 Å². The van der Waals surface area contributed by atoms with Gasteiger partial charge in [-0.3, -0.25) is 4.79 Å². The van der Waals surface area contributed by atoms with Gasteiger partial charge in [0.05, 0.1) is 11.6 Å². The minimum Gasteiger partial charge on any atom is -0.491 e. The molecule has 0 aromatic heterocycles. The third kappa shape index (κ3) is 3.35. The Hall–Kier alpha value is -1.35. The second-order valence-electron chi connectivity index (χ2n) is 5.74. The molecule has 1 fully saturated rings. The highest BCUT2D eigenvalue weighted by Gasteiger charge is 2.35. The Morgan fingerprint density at radius 2 is 1.95 bits per heavy atom. The van der Waals surface area contributed by atoms with Gasteiger partial charge >= 0.3 is 0 Å². The maximum atomic E-state index is 12.6.